The molecule has 0 radical (unpaired) electrons. The molecule has 0 bridgehead atoms. The molecule has 160 valence electrons. The Morgan fingerprint density at radius 3 is 3.00 bits per heavy atom. The molecule has 3 heterocycles. The van der Waals surface area contributed by atoms with Gasteiger partial charge in [-0.25, -0.2) is 4.68 Å². The Labute approximate surface area is 184 Å². The lowest BCUT2D eigenvalue weighted by Crippen LogP contribution is -2.34. The number of carbonyl (C=O) groups excluding carboxylic acids is 2. The number of fused-ring (bicyclic) bond motifs is 1. The molecule has 4 rings (SSSR count). The topological polar surface area (TPSA) is 85.2 Å². The number of ether oxygens (including phenoxy) is 1. The van der Waals surface area contributed by atoms with E-state index in [2.05, 4.69) is 22.7 Å². The van der Waals surface area contributed by atoms with Crippen LogP contribution in [0.5, 0.6) is 0 Å². The van der Waals surface area contributed by atoms with E-state index in [9.17, 15) is 9.59 Å². The second kappa shape index (κ2) is 9.89. The van der Waals surface area contributed by atoms with Crippen LogP contribution in [-0.2, 0) is 27.6 Å². The summed E-state index contributed by atoms with van der Waals surface area (Å²) < 4.78 is 7.19. The van der Waals surface area contributed by atoms with Crippen LogP contribution < -0.4 is 10.6 Å². The summed E-state index contributed by atoms with van der Waals surface area (Å²) in [5.41, 5.74) is 2.60. The number of hydrogen-bond acceptors (Lipinski definition) is 6. The van der Waals surface area contributed by atoms with E-state index in [1.54, 1.807) is 28.2 Å². The molecule has 1 atom stereocenters. The highest BCUT2D eigenvalue weighted by atomic mass is 32.2. The van der Waals surface area contributed by atoms with Crippen molar-refractivity contribution >= 4 is 41.2 Å². The molecule has 1 fully saturated rings. The van der Waals surface area contributed by atoms with Gasteiger partial charge in [0.2, 0.25) is 5.91 Å². The van der Waals surface area contributed by atoms with Gasteiger partial charge >= 0.3 is 0 Å². The minimum atomic E-state index is -0.174. The second-order valence-corrected chi connectivity index (χ2v) is 9.54. The average molecular weight is 447 g/mol. The number of nitrogens with one attached hydrogen (secondary N) is 2. The summed E-state index contributed by atoms with van der Waals surface area (Å²) in [6, 6.07) is 7.59. The van der Waals surface area contributed by atoms with E-state index in [4.69, 9.17) is 4.74 Å². The zero-order valence-corrected chi connectivity index (χ0v) is 18.6. The maximum Gasteiger partial charge on any atom is 0.257 e. The van der Waals surface area contributed by atoms with Gasteiger partial charge in [-0.15, -0.1) is 11.8 Å². The summed E-state index contributed by atoms with van der Waals surface area (Å²) in [7, 11) is 0. The Morgan fingerprint density at radius 2 is 2.20 bits per heavy atom. The molecule has 1 aromatic carbocycles. The van der Waals surface area contributed by atoms with E-state index >= 15 is 0 Å². The van der Waals surface area contributed by atoms with Gasteiger partial charge in [0.15, 0.2) is 0 Å². The van der Waals surface area contributed by atoms with Crippen molar-refractivity contribution in [3.05, 3.63) is 41.1 Å². The molecule has 2 aliphatic heterocycles. The highest BCUT2D eigenvalue weighted by Crippen LogP contribution is 2.35. The molecule has 9 heteroatoms. The molecule has 30 heavy (non-hydrogen) atoms. The van der Waals surface area contributed by atoms with Gasteiger partial charge in [-0.05, 0) is 30.7 Å². The first kappa shape index (κ1) is 21.3. The van der Waals surface area contributed by atoms with Crippen molar-refractivity contribution in [2.45, 2.75) is 48.8 Å². The van der Waals surface area contributed by atoms with Gasteiger partial charge in [0.05, 0.1) is 17.4 Å². The Balaban J connectivity index is 1.49. The number of carbonyl (C=O) groups is 2. The van der Waals surface area contributed by atoms with Crippen molar-refractivity contribution in [2.24, 2.45) is 0 Å². The highest BCUT2D eigenvalue weighted by molar-refractivity contribution is 7.99. The first-order chi connectivity index (χ1) is 14.7. The van der Waals surface area contributed by atoms with Crippen LogP contribution in [0.2, 0.25) is 0 Å². The first-order valence-corrected chi connectivity index (χ1v) is 12.4. The van der Waals surface area contributed by atoms with Crippen molar-refractivity contribution < 1.29 is 14.3 Å². The Kier molecular flexibility index (Phi) is 7.01. The van der Waals surface area contributed by atoms with E-state index in [0.717, 1.165) is 52.9 Å². The monoisotopic (exact) mass is 446 g/mol. The minimum absolute atomic E-state index is 0.0748. The summed E-state index contributed by atoms with van der Waals surface area (Å²) in [4.78, 5) is 26.5. The molecule has 0 unspecified atom stereocenters. The fraction of sp³-hybridized carbons (Fsp3) is 0.476. The molecule has 2 aliphatic rings. The van der Waals surface area contributed by atoms with Gasteiger partial charge in [0, 0.05) is 35.1 Å². The van der Waals surface area contributed by atoms with Crippen LogP contribution in [0, 0.1) is 0 Å². The zero-order chi connectivity index (χ0) is 20.9. The van der Waals surface area contributed by atoms with E-state index in [-0.39, 0.29) is 24.5 Å². The van der Waals surface area contributed by atoms with Gasteiger partial charge in [0.25, 0.3) is 5.91 Å². The zero-order valence-electron chi connectivity index (χ0n) is 17.0. The number of benzene rings is 1. The molecular weight excluding hydrogens is 420 g/mol. The van der Waals surface area contributed by atoms with Crippen molar-refractivity contribution in [1.82, 2.24) is 15.1 Å². The molecule has 1 saturated heterocycles. The summed E-state index contributed by atoms with van der Waals surface area (Å²) in [6.07, 6.45) is 2.11. The van der Waals surface area contributed by atoms with Crippen LogP contribution in [0.1, 0.15) is 41.4 Å². The first-order valence-electron chi connectivity index (χ1n) is 10.2. The summed E-state index contributed by atoms with van der Waals surface area (Å²) >= 11 is 3.40. The third-order valence-electron chi connectivity index (χ3n) is 5.13. The normalized spacial score (nSPS) is 17.7. The molecule has 0 saturated carbocycles. The lowest BCUT2D eigenvalue weighted by molar-refractivity contribution is -0.122. The van der Waals surface area contributed by atoms with Gasteiger partial charge in [-0.2, -0.15) is 16.9 Å². The van der Waals surface area contributed by atoms with E-state index in [1.807, 2.05) is 24.3 Å². The Bertz CT molecular complexity index is 925. The molecule has 2 amide bonds. The molecule has 2 aromatic rings. The molecule has 1 aromatic heterocycles. The minimum Gasteiger partial charge on any atom is -0.376 e. The molecular formula is C21H26N4O3S2. The standard InChI is InChI=1S/C21H26N4O3S2/c1-2-30-18-8-4-3-7-15(18)21(27)23-20-16-12-29-13-17(16)24-25(20)11-19(26)22-10-14-6-5-9-28-14/h3-4,7-8,14H,2,5-6,9-13H2,1H3,(H,22,26)(H,23,27)/t14-/m0/s1. The van der Waals surface area contributed by atoms with Crippen LogP contribution in [0.4, 0.5) is 5.82 Å². The average Bonchev–Trinajstić information content (AvgIpc) is 3.47. The van der Waals surface area contributed by atoms with Gasteiger partial charge in [-0.1, -0.05) is 19.1 Å². The largest absolute Gasteiger partial charge is 0.376 e. The highest BCUT2D eigenvalue weighted by Gasteiger charge is 2.26. The van der Waals surface area contributed by atoms with Crippen LogP contribution >= 0.6 is 23.5 Å². The molecule has 0 aliphatic carbocycles. The van der Waals surface area contributed by atoms with Gasteiger partial charge < -0.3 is 15.4 Å². The van der Waals surface area contributed by atoms with Crippen molar-refractivity contribution in [3.8, 4) is 0 Å². The Morgan fingerprint density at radius 1 is 1.33 bits per heavy atom. The third-order valence-corrected chi connectivity index (χ3v) is 7.05. The molecule has 7 nitrogen and oxygen atoms in total. The predicted octanol–water partition coefficient (Wildman–Crippen LogP) is 3.29. The Hall–Kier alpha value is -1.97. The van der Waals surface area contributed by atoms with E-state index < -0.39 is 0 Å². The quantitative estimate of drug-likeness (QED) is 0.606. The SMILES string of the molecule is CCSc1ccccc1C(=O)Nc1c2c(nn1CC(=O)NC[C@@H]1CCCO1)CSC2. The number of hydrogen-bond donors (Lipinski definition) is 2. The second-order valence-electron chi connectivity index (χ2n) is 7.25. The fourth-order valence-electron chi connectivity index (χ4n) is 3.66. The number of nitrogens with zero attached hydrogens (tertiary/aromatic N) is 2. The summed E-state index contributed by atoms with van der Waals surface area (Å²) in [5, 5.41) is 10.6. The molecule has 2 N–H and O–H groups in total. The maximum absolute atomic E-state index is 13.1. The van der Waals surface area contributed by atoms with E-state index in [1.165, 1.54) is 0 Å². The van der Waals surface area contributed by atoms with Crippen LogP contribution in [0.25, 0.3) is 0 Å². The lowest BCUT2D eigenvalue weighted by Gasteiger charge is -2.14. The number of thioether (sulfide) groups is 2. The van der Waals surface area contributed by atoms with Crippen molar-refractivity contribution in [3.63, 3.8) is 0 Å². The van der Waals surface area contributed by atoms with Crippen molar-refractivity contribution in [1.29, 1.82) is 0 Å². The van der Waals surface area contributed by atoms with E-state index in [0.29, 0.717) is 17.9 Å². The predicted molar refractivity (Wildman–Crippen MR) is 120 cm³/mol. The molecule has 0 spiro atoms. The number of amides is 2. The lowest BCUT2D eigenvalue weighted by atomic mass is 10.2. The maximum atomic E-state index is 13.1. The number of anilines is 1. The van der Waals surface area contributed by atoms with Gasteiger partial charge in [-0.3, -0.25) is 9.59 Å². The van der Waals surface area contributed by atoms with Crippen LogP contribution in [0.15, 0.2) is 29.2 Å². The summed E-state index contributed by atoms with van der Waals surface area (Å²) in [6.45, 7) is 3.41. The number of rotatable bonds is 8. The fourth-order valence-corrected chi connectivity index (χ4v) is 5.49. The van der Waals surface area contributed by atoms with Crippen LogP contribution in [-0.4, -0.2) is 46.6 Å². The van der Waals surface area contributed by atoms with Crippen molar-refractivity contribution in [2.75, 3.05) is 24.2 Å². The van der Waals surface area contributed by atoms with Gasteiger partial charge in [0.1, 0.15) is 12.4 Å². The third kappa shape index (κ3) is 4.84. The summed E-state index contributed by atoms with van der Waals surface area (Å²) in [5.74, 6) is 2.80. The van der Waals surface area contributed by atoms with Crippen LogP contribution in [0.3, 0.4) is 0 Å². The number of aromatic nitrogens is 2. The smallest absolute Gasteiger partial charge is 0.257 e.